The second-order valence-electron chi connectivity index (χ2n) is 6.51. The third kappa shape index (κ3) is 5.33. The molecule has 0 spiro atoms. The summed E-state index contributed by atoms with van der Waals surface area (Å²) in [7, 11) is 1.48. The van der Waals surface area contributed by atoms with Crippen LogP contribution in [-0.2, 0) is 9.59 Å². The van der Waals surface area contributed by atoms with Gasteiger partial charge in [-0.25, -0.2) is 13.2 Å². The van der Waals surface area contributed by atoms with Gasteiger partial charge in [0.05, 0.1) is 28.8 Å². The molecular weight excluding hydrogens is 529 g/mol. The van der Waals surface area contributed by atoms with Crippen molar-refractivity contribution in [3.63, 3.8) is 0 Å². The van der Waals surface area contributed by atoms with Crippen molar-refractivity contribution in [1.82, 2.24) is 4.90 Å². The van der Waals surface area contributed by atoms with E-state index in [9.17, 15) is 27.6 Å². The van der Waals surface area contributed by atoms with Crippen LogP contribution < -0.4 is 14.8 Å². The highest BCUT2D eigenvalue weighted by Crippen LogP contribution is 2.39. The van der Waals surface area contributed by atoms with Crippen LogP contribution in [0.3, 0.4) is 0 Å². The summed E-state index contributed by atoms with van der Waals surface area (Å²) in [6, 6.07) is 4.75. The maximum absolute atomic E-state index is 13.8. The van der Waals surface area contributed by atoms with Gasteiger partial charge in [-0.2, -0.15) is 0 Å². The first kappa shape index (κ1) is 24.6. The van der Waals surface area contributed by atoms with Crippen LogP contribution in [-0.4, -0.2) is 42.2 Å². The van der Waals surface area contributed by atoms with Crippen molar-refractivity contribution in [2.24, 2.45) is 0 Å². The van der Waals surface area contributed by atoms with Gasteiger partial charge in [-0.1, -0.05) is 0 Å². The number of amides is 3. The van der Waals surface area contributed by atoms with Crippen LogP contribution in [0, 0.1) is 17.5 Å². The van der Waals surface area contributed by atoms with E-state index in [4.69, 9.17) is 9.47 Å². The van der Waals surface area contributed by atoms with Gasteiger partial charge in [0.1, 0.15) is 6.54 Å². The molecule has 1 aliphatic heterocycles. The van der Waals surface area contributed by atoms with Crippen LogP contribution in [0.5, 0.6) is 11.5 Å². The first-order chi connectivity index (χ1) is 15.7. The number of thioether (sulfide) groups is 1. The molecule has 1 heterocycles. The number of hydrogen-bond acceptors (Lipinski definition) is 6. The highest BCUT2D eigenvalue weighted by atomic mass is 79.9. The molecule has 2 aromatic rings. The van der Waals surface area contributed by atoms with Gasteiger partial charge >= 0.3 is 0 Å². The zero-order valence-corrected chi connectivity index (χ0v) is 19.6. The van der Waals surface area contributed by atoms with Crippen molar-refractivity contribution in [3.05, 3.63) is 56.7 Å². The number of methoxy groups -OCH3 is 1. The predicted octanol–water partition coefficient (Wildman–Crippen LogP) is 4.95. The highest BCUT2D eigenvalue weighted by molar-refractivity contribution is 9.10. The molecule has 1 aliphatic rings. The van der Waals surface area contributed by atoms with Crippen molar-refractivity contribution in [1.29, 1.82) is 0 Å². The molecule has 7 nitrogen and oxygen atoms in total. The molecule has 0 aromatic heterocycles. The van der Waals surface area contributed by atoms with Crippen molar-refractivity contribution >= 4 is 56.5 Å². The van der Waals surface area contributed by atoms with E-state index in [0.717, 1.165) is 6.07 Å². The Morgan fingerprint density at radius 2 is 1.94 bits per heavy atom. The van der Waals surface area contributed by atoms with E-state index in [0.29, 0.717) is 50.9 Å². The second kappa shape index (κ2) is 10.3. The lowest BCUT2D eigenvalue weighted by atomic mass is 10.2. The Morgan fingerprint density at radius 3 is 2.61 bits per heavy atom. The van der Waals surface area contributed by atoms with Crippen molar-refractivity contribution < 1.29 is 37.0 Å². The summed E-state index contributed by atoms with van der Waals surface area (Å²) in [5.41, 5.74) is -0.0853. The Bertz CT molecular complexity index is 1180. The van der Waals surface area contributed by atoms with Crippen molar-refractivity contribution in [3.8, 4) is 11.5 Å². The number of carbonyl (C=O) groups excluding carboxylic acids is 3. The Morgan fingerprint density at radius 1 is 1.21 bits per heavy atom. The molecule has 0 radical (unpaired) electrons. The van der Waals surface area contributed by atoms with Crippen LogP contribution in [0.2, 0.25) is 0 Å². The summed E-state index contributed by atoms with van der Waals surface area (Å²) in [4.78, 5) is 37.9. The molecule has 0 bridgehead atoms. The van der Waals surface area contributed by atoms with Gasteiger partial charge in [0.2, 0.25) is 5.91 Å². The largest absolute Gasteiger partial charge is 0.492 e. The Kier molecular flexibility index (Phi) is 7.69. The summed E-state index contributed by atoms with van der Waals surface area (Å²) in [6.07, 6.45) is 1.45. The van der Waals surface area contributed by atoms with Crippen LogP contribution in [0.15, 0.2) is 33.6 Å². The van der Waals surface area contributed by atoms with Gasteiger partial charge in [0, 0.05) is 0 Å². The van der Waals surface area contributed by atoms with E-state index >= 15 is 0 Å². The summed E-state index contributed by atoms with van der Waals surface area (Å²) in [5, 5.41) is 1.30. The molecule has 174 valence electrons. The molecule has 33 heavy (non-hydrogen) atoms. The molecular formula is C21H16BrF3N2O5S. The summed E-state index contributed by atoms with van der Waals surface area (Å²) >= 11 is 3.97. The van der Waals surface area contributed by atoms with Crippen LogP contribution >= 0.6 is 27.7 Å². The maximum Gasteiger partial charge on any atom is 0.294 e. The van der Waals surface area contributed by atoms with Gasteiger partial charge in [0.25, 0.3) is 11.1 Å². The molecule has 3 amide bonds. The maximum atomic E-state index is 13.8. The van der Waals surface area contributed by atoms with Gasteiger partial charge in [-0.3, -0.25) is 19.3 Å². The van der Waals surface area contributed by atoms with E-state index in [-0.39, 0.29) is 4.91 Å². The number of benzene rings is 2. The molecule has 2 aromatic carbocycles. The number of ether oxygens (including phenoxy) is 2. The lowest BCUT2D eigenvalue weighted by Crippen LogP contribution is -2.36. The second-order valence-corrected chi connectivity index (χ2v) is 8.35. The van der Waals surface area contributed by atoms with Gasteiger partial charge in [0.15, 0.2) is 29.0 Å². The molecule has 12 heteroatoms. The number of nitrogens with zero attached hydrogens (tertiary/aromatic N) is 1. The SMILES string of the molecule is CCOc1cc(/C=C2/SC(=O)N(CC(=O)Nc3ccc(F)c(F)c3F)C2=O)cc(Br)c1OC. The Labute approximate surface area is 199 Å². The first-order valence-electron chi connectivity index (χ1n) is 9.35. The topological polar surface area (TPSA) is 84.9 Å². The van der Waals surface area contributed by atoms with E-state index < -0.39 is 46.7 Å². The lowest BCUT2D eigenvalue weighted by Gasteiger charge is -2.13. The average Bonchev–Trinajstić information content (AvgIpc) is 3.01. The third-order valence-electron chi connectivity index (χ3n) is 4.32. The monoisotopic (exact) mass is 544 g/mol. The molecule has 3 rings (SSSR count). The fourth-order valence-corrected chi connectivity index (χ4v) is 4.34. The number of halogens is 4. The van der Waals surface area contributed by atoms with E-state index in [2.05, 4.69) is 15.9 Å². The quantitative estimate of drug-likeness (QED) is 0.392. The van der Waals surface area contributed by atoms with Crippen molar-refractivity contribution in [2.75, 3.05) is 25.6 Å². The first-order valence-corrected chi connectivity index (χ1v) is 11.0. The molecule has 1 fully saturated rings. The number of carbonyl (C=O) groups is 3. The minimum Gasteiger partial charge on any atom is -0.492 e. The number of anilines is 1. The molecule has 0 unspecified atom stereocenters. The molecule has 0 atom stereocenters. The summed E-state index contributed by atoms with van der Waals surface area (Å²) < 4.78 is 51.5. The van der Waals surface area contributed by atoms with Crippen molar-refractivity contribution in [2.45, 2.75) is 6.92 Å². The molecule has 1 saturated heterocycles. The van der Waals surface area contributed by atoms with Crippen LogP contribution in [0.25, 0.3) is 6.08 Å². The molecule has 0 saturated carbocycles. The number of hydrogen-bond donors (Lipinski definition) is 1. The van der Waals surface area contributed by atoms with E-state index in [1.54, 1.807) is 19.1 Å². The lowest BCUT2D eigenvalue weighted by molar-refractivity contribution is -0.127. The standard InChI is InChI=1S/C21H16BrF3N2O5S/c1-3-32-14-7-10(6-11(22)19(14)31-2)8-15-20(29)27(21(30)33-15)9-16(28)26-13-5-4-12(23)17(24)18(13)25/h4-8H,3,9H2,1-2H3,(H,26,28)/b15-8+. The fraction of sp³-hybridized carbons (Fsp3) is 0.190. The highest BCUT2D eigenvalue weighted by Gasteiger charge is 2.36. The van der Waals surface area contributed by atoms with E-state index in [1.807, 2.05) is 5.32 Å². The molecule has 0 aliphatic carbocycles. The average molecular weight is 545 g/mol. The summed E-state index contributed by atoms with van der Waals surface area (Å²) in [5.74, 6) is -5.58. The number of imide groups is 1. The van der Waals surface area contributed by atoms with Gasteiger partial charge < -0.3 is 14.8 Å². The van der Waals surface area contributed by atoms with E-state index in [1.165, 1.54) is 13.2 Å². The number of rotatable bonds is 7. The van der Waals surface area contributed by atoms with Gasteiger partial charge in [-0.15, -0.1) is 0 Å². The predicted molar refractivity (Wildman–Crippen MR) is 119 cm³/mol. The zero-order valence-electron chi connectivity index (χ0n) is 17.2. The zero-order chi connectivity index (χ0) is 24.3. The minimum atomic E-state index is -1.75. The minimum absolute atomic E-state index is 0.0475. The Balaban J connectivity index is 1.78. The third-order valence-corrected chi connectivity index (χ3v) is 5.81. The van der Waals surface area contributed by atoms with Gasteiger partial charge in [-0.05, 0) is 70.5 Å². The Hall–Kier alpha value is -2.99. The molecule has 1 N–H and O–H groups in total. The fourth-order valence-electron chi connectivity index (χ4n) is 2.88. The summed E-state index contributed by atoms with van der Waals surface area (Å²) in [6.45, 7) is 1.43. The smallest absolute Gasteiger partial charge is 0.294 e. The number of nitrogens with one attached hydrogen (secondary N) is 1. The van der Waals surface area contributed by atoms with Crippen LogP contribution in [0.1, 0.15) is 12.5 Å². The normalized spacial score (nSPS) is 14.7. The van der Waals surface area contributed by atoms with Crippen LogP contribution in [0.4, 0.5) is 23.7 Å².